The molecule has 1 aliphatic rings. The highest BCUT2D eigenvalue weighted by molar-refractivity contribution is 7.89. The third-order valence-corrected chi connectivity index (χ3v) is 6.73. The summed E-state index contributed by atoms with van der Waals surface area (Å²) in [5, 5.41) is 11.0. The van der Waals surface area contributed by atoms with Gasteiger partial charge < -0.3 is 0 Å². The Balaban J connectivity index is 1.66. The largest absolute Gasteiger partial charge is 0.296 e. The van der Waals surface area contributed by atoms with Crippen molar-refractivity contribution in [3.8, 4) is 0 Å². The quantitative estimate of drug-likeness (QED) is 0.556. The molecule has 10 heteroatoms. The van der Waals surface area contributed by atoms with E-state index in [2.05, 4.69) is 0 Å². The summed E-state index contributed by atoms with van der Waals surface area (Å²) in [6.07, 6.45) is 0. The molecule has 27 heavy (non-hydrogen) atoms. The van der Waals surface area contributed by atoms with Crippen molar-refractivity contribution in [3.05, 3.63) is 69.0 Å². The first-order valence-corrected chi connectivity index (χ1v) is 10.0. The summed E-state index contributed by atoms with van der Waals surface area (Å²) in [5.41, 5.74) is 0.228. The number of nitro groups is 1. The van der Waals surface area contributed by atoms with Gasteiger partial charge in [-0.25, -0.2) is 12.8 Å². The normalized spacial score (nSPS) is 16.4. The average molecular weight is 414 g/mol. The van der Waals surface area contributed by atoms with Crippen LogP contribution in [0.3, 0.4) is 0 Å². The van der Waals surface area contributed by atoms with E-state index in [0.29, 0.717) is 30.2 Å². The first-order valence-electron chi connectivity index (χ1n) is 8.19. The minimum atomic E-state index is -3.73. The number of rotatable bonds is 5. The van der Waals surface area contributed by atoms with Gasteiger partial charge in [0.2, 0.25) is 10.0 Å². The van der Waals surface area contributed by atoms with Crippen LogP contribution in [0.25, 0.3) is 0 Å². The standard InChI is InChI=1S/C17H17ClFN3O4S/c18-16-2-1-3-17(19)15(16)12-20-8-10-21(11-9-20)27(25,26)14-6-4-13(5-7-14)22(23)24/h1-7H,8-12H2. The summed E-state index contributed by atoms with van der Waals surface area (Å²) in [4.78, 5) is 12.1. The Hall–Kier alpha value is -2.07. The second-order valence-corrected chi connectivity index (χ2v) is 8.48. The van der Waals surface area contributed by atoms with Gasteiger partial charge in [0.1, 0.15) is 5.82 Å². The van der Waals surface area contributed by atoms with Gasteiger partial charge in [0.25, 0.3) is 5.69 Å². The molecule has 2 aromatic carbocycles. The van der Waals surface area contributed by atoms with Crippen molar-refractivity contribution in [3.63, 3.8) is 0 Å². The number of hydrogen-bond donors (Lipinski definition) is 0. The van der Waals surface area contributed by atoms with Crippen molar-refractivity contribution in [1.29, 1.82) is 0 Å². The van der Waals surface area contributed by atoms with Crippen LogP contribution in [0.4, 0.5) is 10.1 Å². The van der Waals surface area contributed by atoms with Gasteiger partial charge in [-0.1, -0.05) is 17.7 Å². The van der Waals surface area contributed by atoms with Crippen LogP contribution in [-0.2, 0) is 16.6 Å². The highest BCUT2D eigenvalue weighted by Crippen LogP contribution is 2.24. The molecule has 1 aliphatic heterocycles. The zero-order valence-electron chi connectivity index (χ0n) is 14.2. The predicted octanol–water partition coefficient (Wildman–Crippen LogP) is 2.89. The number of hydrogen-bond acceptors (Lipinski definition) is 5. The third kappa shape index (κ3) is 4.27. The summed E-state index contributed by atoms with van der Waals surface area (Å²) in [7, 11) is -3.73. The fraction of sp³-hybridized carbons (Fsp3) is 0.294. The van der Waals surface area contributed by atoms with Gasteiger partial charge in [-0.05, 0) is 24.3 Å². The molecule has 0 unspecified atom stereocenters. The van der Waals surface area contributed by atoms with Gasteiger partial charge >= 0.3 is 0 Å². The van der Waals surface area contributed by atoms with E-state index in [4.69, 9.17) is 11.6 Å². The number of nitro benzene ring substituents is 1. The maximum atomic E-state index is 13.9. The molecule has 0 aliphatic carbocycles. The van der Waals surface area contributed by atoms with E-state index in [1.165, 1.54) is 40.7 Å². The predicted molar refractivity (Wildman–Crippen MR) is 98.5 cm³/mol. The highest BCUT2D eigenvalue weighted by Gasteiger charge is 2.29. The van der Waals surface area contributed by atoms with Gasteiger partial charge in [-0.2, -0.15) is 4.31 Å². The fourth-order valence-electron chi connectivity index (χ4n) is 2.92. The van der Waals surface area contributed by atoms with Gasteiger partial charge in [-0.15, -0.1) is 0 Å². The second-order valence-electron chi connectivity index (χ2n) is 6.13. The van der Waals surface area contributed by atoms with Crippen LogP contribution in [-0.4, -0.2) is 48.7 Å². The smallest absolute Gasteiger partial charge is 0.269 e. The van der Waals surface area contributed by atoms with Crippen LogP contribution in [0, 0.1) is 15.9 Å². The van der Waals surface area contributed by atoms with Crippen molar-refractivity contribution >= 4 is 27.3 Å². The molecule has 1 fully saturated rings. The Morgan fingerprint density at radius 1 is 1.07 bits per heavy atom. The zero-order chi connectivity index (χ0) is 19.6. The van der Waals surface area contributed by atoms with Crippen LogP contribution < -0.4 is 0 Å². The van der Waals surface area contributed by atoms with Gasteiger partial charge in [0.15, 0.2) is 0 Å². The van der Waals surface area contributed by atoms with E-state index in [-0.39, 0.29) is 29.5 Å². The summed E-state index contributed by atoms with van der Waals surface area (Å²) in [5.74, 6) is -0.386. The molecule has 3 rings (SSSR count). The molecule has 0 amide bonds. The van der Waals surface area contributed by atoms with Crippen molar-refractivity contribution < 1.29 is 17.7 Å². The monoisotopic (exact) mass is 413 g/mol. The number of non-ortho nitro benzene ring substituents is 1. The van der Waals surface area contributed by atoms with E-state index < -0.39 is 14.9 Å². The number of piperazine rings is 1. The Bertz CT molecular complexity index is 925. The van der Waals surface area contributed by atoms with E-state index in [0.717, 1.165) is 0 Å². The van der Waals surface area contributed by atoms with Gasteiger partial charge in [-0.3, -0.25) is 15.0 Å². The molecule has 1 saturated heterocycles. The molecular formula is C17H17ClFN3O4S. The maximum absolute atomic E-state index is 13.9. The lowest BCUT2D eigenvalue weighted by Gasteiger charge is -2.34. The summed E-state index contributed by atoms with van der Waals surface area (Å²) >= 11 is 6.04. The average Bonchev–Trinajstić information content (AvgIpc) is 2.65. The second kappa shape index (κ2) is 7.89. The van der Waals surface area contributed by atoms with Crippen LogP contribution in [0.2, 0.25) is 5.02 Å². The lowest BCUT2D eigenvalue weighted by molar-refractivity contribution is -0.384. The molecule has 0 saturated carbocycles. The molecule has 0 atom stereocenters. The van der Waals surface area contributed by atoms with Crippen molar-refractivity contribution in [2.75, 3.05) is 26.2 Å². The molecule has 1 heterocycles. The van der Waals surface area contributed by atoms with Crippen LogP contribution in [0.15, 0.2) is 47.4 Å². The minimum Gasteiger partial charge on any atom is -0.296 e. The first kappa shape index (κ1) is 19.7. The fourth-order valence-corrected chi connectivity index (χ4v) is 4.57. The number of halogens is 2. The zero-order valence-corrected chi connectivity index (χ0v) is 15.8. The summed E-state index contributed by atoms with van der Waals surface area (Å²) in [6.45, 7) is 1.64. The molecule has 0 bridgehead atoms. The minimum absolute atomic E-state index is 0.0127. The van der Waals surface area contributed by atoms with Crippen LogP contribution >= 0.6 is 11.6 Å². The molecule has 144 valence electrons. The summed E-state index contributed by atoms with van der Waals surface area (Å²) in [6, 6.07) is 9.31. The molecule has 0 N–H and O–H groups in total. The Labute approximate surface area is 161 Å². The van der Waals surface area contributed by atoms with Crippen molar-refractivity contribution in [2.24, 2.45) is 0 Å². The van der Waals surface area contributed by atoms with Gasteiger partial charge in [0.05, 0.1) is 9.82 Å². The Kier molecular flexibility index (Phi) is 5.75. The van der Waals surface area contributed by atoms with Crippen LogP contribution in [0.1, 0.15) is 5.56 Å². The van der Waals surface area contributed by atoms with E-state index >= 15 is 0 Å². The molecular weight excluding hydrogens is 397 g/mol. The molecule has 7 nitrogen and oxygen atoms in total. The molecule has 0 spiro atoms. The van der Waals surface area contributed by atoms with Crippen molar-refractivity contribution in [1.82, 2.24) is 9.21 Å². The maximum Gasteiger partial charge on any atom is 0.269 e. The number of benzene rings is 2. The Morgan fingerprint density at radius 2 is 1.70 bits per heavy atom. The highest BCUT2D eigenvalue weighted by atomic mass is 35.5. The lowest BCUT2D eigenvalue weighted by Crippen LogP contribution is -2.48. The number of nitrogens with zero attached hydrogens (tertiary/aromatic N) is 3. The van der Waals surface area contributed by atoms with Gasteiger partial charge in [0, 0.05) is 55.4 Å². The molecule has 2 aromatic rings. The first-order chi connectivity index (χ1) is 12.8. The van der Waals surface area contributed by atoms with Crippen molar-refractivity contribution in [2.45, 2.75) is 11.4 Å². The number of sulfonamides is 1. The summed E-state index contributed by atoms with van der Waals surface area (Å²) < 4.78 is 40.6. The SMILES string of the molecule is O=[N+]([O-])c1ccc(S(=O)(=O)N2CCN(Cc3c(F)cccc3Cl)CC2)cc1. The Morgan fingerprint density at radius 3 is 2.26 bits per heavy atom. The molecule has 0 aromatic heterocycles. The van der Waals surface area contributed by atoms with Crippen LogP contribution in [0.5, 0.6) is 0 Å². The van der Waals surface area contributed by atoms with E-state index in [1.807, 2.05) is 4.90 Å². The third-order valence-electron chi connectivity index (χ3n) is 4.46. The van der Waals surface area contributed by atoms with E-state index in [1.54, 1.807) is 6.07 Å². The lowest BCUT2D eigenvalue weighted by atomic mass is 10.2. The topological polar surface area (TPSA) is 83.8 Å². The molecule has 0 radical (unpaired) electrons. The van der Waals surface area contributed by atoms with E-state index in [9.17, 15) is 22.9 Å².